The van der Waals surface area contributed by atoms with E-state index >= 15 is 0 Å². The number of aliphatic hydroxyl groups is 4. The van der Waals surface area contributed by atoms with Gasteiger partial charge >= 0.3 is 18.1 Å². The number of esters is 2. The summed E-state index contributed by atoms with van der Waals surface area (Å²) in [7, 11) is 0. The Hall–Kier alpha value is -4.11. The first kappa shape index (κ1) is 46.4. The molecule has 61 heavy (non-hydrogen) atoms. The quantitative estimate of drug-likeness (QED) is 0.0791. The summed E-state index contributed by atoms with van der Waals surface area (Å²) in [4.78, 5) is 51.1. The first-order valence-corrected chi connectivity index (χ1v) is 21.5. The highest BCUT2D eigenvalue weighted by Crippen LogP contribution is 2.65. The Morgan fingerprint density at radius 1 is 1.05 bits per heavy atom. The molecule has 1 aromatic rings. The van der Waals surface area contributed by atoms with Gasteiger partial charge in [-0.1, -0.05) is 61.4 Å². The molecule has 0 saturated heterocycles. The predicted octanol–water partition coefficient (Wildman–Crippen LogP) is 6.70. The van der Waals surface area contributed by atoms with Gasteiger partial charge in [0.15, 0.2) is 18.5 Å². The van der Waals surface area contributed by atoms with E-state index in [1.54, 1.807) is 6.08 Å². The molecule has 14 heteroatoms. The van der Waals surface area contributed by atoms with Crippen LogP contribution < -0.4 is 4.74 Å². The molecule has 11 atom stereocenters. The molecule has 3 unspecified atom stereocenters. The van der Waals surface area contributed by atoms with Gasteiger partial charge in [0.25, 0.3) is 0 Å². The number of fused-ring (bicyclic) bond motifs is 5. The SMILES string of the molecule is CC(OC(=O)CCC/C=C\C[C@@H]1[C@@H](/C=C/[C@@H](O)COc2cccc(C(F)(F)F)c2)[C@H](O)C[C@@H]1O)C(=O)OCC(=O)[C@@]1(O)CC[C@H]2[C@@H]3CCC4=CC(=O)CCC4(C)C3=CCC21C. The Bertz CT molecular complexity index is 1940. The van der Waals surface area contributed by atoms with Crippen molar-refractivity contribution in [3.63, 3.8) is 0 Å². The maximum Gasteiger partial charge on any atom is 0.416 e. The Kier molecular flexibility index (Phi) is 14.2. The number of Topliss-reactive ketones (excluding diaryl/α,β-unsaturated/α-hetero) is 1. The number of ether oxygens (including phenoxy) is 3. The summed E-state index contributed by atoms with van der Waals surface area (Å²) in [5, 5.41) is 43.4. The van der Waals surface area contributed by atoms with E-state index in [-0.39, 0.29) is 60.6 Å². The molecule has 1 aromatic carbocycles. The molecule has 5 aliphatic carbocycles. The summed E-state index contributed by atoms with van der Waals surface area (Å²) >= 11 is 0. The lowest BCUT2D eigenvalue weighted by Gasteiger charge is -2.54. The third kappa shape index (κ3) is 9.92. The average molecular weight is 857 g/mol. The Labute approximate surface area is 354 Å². The number of unbranched alkanes of at least 4 members (excludes halogenated alkanes) is 1. The Morgan fingerprint density at radius 3 is 2.57 bits per heavy atom. The van der Waals surface area contributed by atoms with Crippen molar-refractivity contribution >= 4 is 23.5 Å². The number of allylic oxidation sites excluding steroid dienone is 6. The topological polar surface area (TPSA) is 177 Å². The smallest absolute Gasteiger partial charge is 0.416 e. The van der Waals surface area contributed by atoms with Gasteiger partial charge in [0.05, 0.1) is 17.8 Å². The molecule has 0 aliphatic heterocycles. The molecular formula is C47H59F3O11. The molecule has 0 heterocycles. The molecule has 6 rings (SSSR count). The second kappa shape index (κ2) is 18.7. The first-order chi connectivity index (χ1) is 28.8. The molecule has 0 radical (unpaired) electrons. The molecular weight excluding hydrogens is 797 g/mol. The van der Waals surface area contributed by atoms with Crippen molar-refractivity contribution in [2.45, 2.75) is 134 Å². The third-order valence-electron chi connectivity index (χ3n) is 14.3. The fourth-order valence-corrected chi connectivity index (χ4v) is 10.7. The van der Waals surface area contributed by atoms with Crippen LogP contribution in [-0.4, -0.2) is 87.2 Å². The number of carbonyl (C=O) groups is 4. The van der Waals surface area contributed by atoms with Crippen LogP contribution in [0.2, 0.25) is 0 Å². The average Bonchev–Trinajstić information content (AvgIpc) is 3.65. The van der Waals surface area contributed by atoms with Gasteiger partial charge in [0, 0.05) is 36.0 Å². The van der Waals surface area contributed by atoms with Crippen molar-refractivity contribution in [1.82, 2.24) is 0 Å². The monoisotopic (exact) mass is 856 g/mol. The Balaban J connectivity index is 0.903. The molecule has 0 bridgehead atoms. The number of halogens is 3. The number of rotatable bonds is 16. The number of ketones is 2. The second-order valence-corrected chi connectivity index (χ2v) is 18.1. The fraction of sp³-hybridized carbons (Fsp3) is 0.617. The number of alkyl halides is 3. The zero-order valence-corrected chi connectivity index (χ0v) is 35.1. The van der Waals surface area contributed by atoms with E-state index in [0.29, 0.717) is 38.5 Å². The summed E-state index contributed by atoms with van der Waals surface area (Å²) in [6.45, 7) is 4.58. The molecule has 0 amide bonds. The minimum atomic E-state index is -4.53. The number of benzene rings is 1. The van der Waals surface area contributed by atoms with E-state index in [4.69, 9.17) is 14.2 Å². The molecule has 11 nitrogen and oxygen atoms in total. The van der Waals surface area contributed by atoms with Crippen LogP contribution in [-0.2, 0) is 34.8 Å². The second-order valence-electron chi connectivity index (χ2n) is 18.1. The third-order valence-corrected chi connectivity index (χ3v) is 14.3. The molecule has 3 saturated carbocycles. The van der Waals surface area contributed by atoms with Crippen molar-refractivity contribution in [1.29, 1.82) is 0 Å². The molecule has 334 valence electrons. The lowest BCUT2D eigenvalue weighted by Crippen LogP contribution is -2.55. The Morgan fingerprint density at radius 2 is 1.82 bits per heavy atom. The molecule has 5 aliphatic rings. The van der Waals surface area contributed by atoms with Crippen LogP contribution in [0.1, 0.15) is 103 Å². The summed E-state index contributed by atoms with van der Waals surface area (Å²) in [5.74, 6) is -2.56. The van der Waals surface area contributed by atoms with Gasteiger partial charge in [0.1, 0.15) is 24.1 Å². The van der Waals surface area contributed by atoms with E-state index in [9.17, 15) is 52.8 Å². The standard InChI is InChI=1S/C47H59F3O11/c1-28(43(57)60-27-41(55)46(58)22-19-38-36-15-13-29-23-31(51)17-20-44(29,2)37(36)18-21-45(38,46)3)61-42(56)12-7-5-4-6-11-34-35(40(54)25-39(34)53)16-14-32(52)26-59-33-10-8-9-30(24-33)47(48,49)50/h4,6,8-10,14,16,18,23-24,28,32,34-36,38-40,52-54,58H,5,7,11-13,15,17,19-22,25-27H2,1-3H3/b6-4-,16-14+/t28?,32-,34-,35-,36-,38+,39+,40-,44?,45?,46+/m1/s1. The van der Waals surface area contributed by atoms with Crippen LogP contribution in [0.15, 0.2) is 71.9 Å². The minimum Gasteiger partial charge on any atom is -0.491 e. The summed E-state index contributed by atoms with van der Waals surface area (Å²) in [6, 6.07) is 4.32. The minimum absolute atomic E-state index is 0.000282. The van der Waals surface area contributed by atoms with Gasteiger partial charge in [0.2, 0.25) is 5.78 Å². The summed E-state index contributed by atoms with van der Waals surface area (Å²) < 4.78 is 54.8. The first-order valence-electron chi connectivity index (χ1n) is 21.5. The number of hydrogen-bond donors (Lipinski definition) is 4. The van der Waals surface area contributed by atoms with E-state index in [2.05, 4.69) is 13.0 Å². The van der Waals surface area contributed by atoms with Crippen molar-refractivity contribution < 1.29 is 67.0 Å². The van der Waals surface area contributed by atoms with Crippen molar-refractivity contribution in [3.8, 4) is 5.75 Å². The van der Waals surface area contributed by atoms with Gasteiger partial charge in [-0.2, -0.15) is 13.2 Å². The van der Waals surface area contributed by atoms with Crippen LogP contribution in [0, 0.1) is 34.5 Å². The summed E-state index contributed by atoms with van der Waals surface area (Å²) in [6.07, 6.45) is 7.78. The van der Waals surface area contributed by atoms with Crippen molar-refractivity contribution in [2.75, 3.05) is 13.2 Å². The van der Waals surface area contributed by atoms with E-state index < -0.39 is 77.4 Å². The van der Waals surface area contributed by atoms with Gasteiger partial charge in [-0.15, -0.1) is 0 Å². The number of hydrogen-bond acceptors (Lipinski definition) is 11. The fourth-order valence-electron chi connectivity index (χ4n) is 10.7. The molecule has 3 fully saturated rings. The van der Waals surface area contributed by atoms with Crippen molar-refractivity contribution in [3.05, 3.63) is 77.4 Å². The summed E-state index contributed by atoms with van der Waals surface area (Å²) in [5.41, 5.74) is -0.954. The lowest BCUT2D eigenvalue weighted by molar-refractivity contribution is -0.172. The van der Waals surface area contributed by atoms with Crippen LogP contribution in [0.4, 0.5) is 13.2 Å². The molecule has 4 N–H and O–H groups in total. The zero-order valence-electron chi connectivity index (χ0n) is 35.1. The van der Waals surface area contributed by atoms with Gasteiger partial charge < -0.3 is 34.6 Å². The van der Waals surface area contributed by atoms with E-state index in [1.165, 1.54) is 36.3 Å². The van der Waals surface area contributed by atoms with E-state index in [0.717, 1.165) is 31.4 Å². The number of aliphatic hydroxyl groups excluding tert-OH is 3. The number of carbonyl (C=O) groups excluding carboxylic acids is 4. The highest BCUT2D eigenvalue weighted by molar-refractivity contribution is 5.92. The molecule has 0 aromatic heterocycles. The van der Waals surface area contributed by atoms with Gasteiger partial charge in [-0.25, -0.2) is 4.79 Å². The maximum absolute atomic E-state index is 13.6. The largest absolute Gasteiger partial charge is 0.491 e. The van der Waals surface area contributed by atoms with Gasteiger partial charge in [-0.3, -0.25) is 14.4 Å². The lowest BCUT2D eigenvalue weighted by atomic mass is 9.50. The van der Waals surface area contributed by atoms with Crippen molar-refractivity contribution in [2.24, 2.45) is 34.5 Å². The van der Waals surface area contributed by atoms with E-state index in [1.807, 2.05) is 25.2 Å². The van der Waals surface area contributed by atoms with Crippen LogP contribution in [0.5, 0.6) is 5.75 Å². The normalized spacial score (nSPS) is 33.3. The zero-order chi connectivity index (χ0) is 44.3. The maximum atomic E-state index is 13.6. The highest BCUT2D eigenvalue weighted by atomic mass is 19.4. The highest BCUT2D eigenvalue weighted by Gasteiger charge is 2.64. The molecule has 0 spiro atoms. The van der Waals surface area contributed by atoms with Crippen LogP contribution >= 0.6 is 0 Å². The predicted molar refractivity (Wildman–Crippen MR) is 216 cm³/mol. The van der Waals surface area contributed by atoms with Gasteiger partial charge in [-0.05, 0) is 107 Å². The van der Waals surface area contributed by atoms with Crippen LogP contribution in [0.25, 0.3) is 0 Å². The van der Waals surface area contributed by atoms with Crippen LogP contribution in [0.3, 0.4) is 0 Å².